The van der Waals surface area contributed by atoms with Crippen LogP contribution in [-0.4, -0.2) is 82.0 Å². The summed E-state index contributed by atoms with van der Waals surface area (Å²) < 4.78 is 0. The molecule has 12 heteroatoms. The zero-order chi connectivity index (χ0) is 26.4. The number of Topliss-reactive ketones (excluding diaryl/α,β-unsaturated/α-hetero) is 1. The number of aromatic nitrogens is 1. The highest BCUT2D eigenvalue weighted by atomic mass is 32.1. The highest BCUT2D eigenvalue weighted by molar-refractivity contribution is 7.11. The molecule has 0 saturated carbocycles. The van der Waals surface area contributed by atoms with E-state index in [1.54, 1.807) is 15.2 Å². The number of hydrogen-bond donors (Lipinski definition) is 4. The summed E-state index contributed by atoms with van der Waals surface area (Å²) in [6.07, 6.45) is 3.66. The molecule has 2 fully saturated rings. The number of ketones is 1. The van der Waals surface area contributed by atoms with Crippen molar-refractivity contribution >= 4 is 40.8 Å². The molecule has 3 atom stereocenters. The Balaban J connectivity index is 1.38. The van der Waals surface area contributed by atoms with Crippen molar-refractivity contribution in [2.45, 2.75) is 50.2 Å². The summed E-state index contributed by atoms with van der Waals surface area (Å²) in [7, 11) is 0. The van der Waals surface area contributed by atoms with Crippen LogP contribution in [-0.2, 0) is 20.8 Å². The summed E-state index contributed by atoms with van der Waals surface area (Å²) in [5.41, 5.74) is 6.21. The molecule has 3 heterocycles. The molecule has 196 valence electrons. The van der Waals surface area contributed by atoms with Crippen molar-refractivity contribution in [2.75, 3.05) is 19.6 Å². The maximum Gasteiger partial charge on any atom is 0.243 e. The van der Waals surface area contributed by atoms with E-state index in [4.69, 9.17) is 11.1 Å². The Labute approximate surface area is 218 Å². The topological polar surface area (TPSA) is 162 Å². The third-order valence-electron chi connectivity index (χ3n) is 6.66. The van der Waals surface area contributed by atoms with E-state index in [1.165, 1.54) is 17.5 Å². The fraction of sp³-hybridized carbons (Fsp3) is 0.440. The van der Waals surface area contributed by atoms with Gasteiger partial charge < -0.3 is 26.2 Å². The molecule has 2 aromatic rings. The van der Waals surface area contributed by atoms with Gasteiger partial charge in [0.05, 0.1) is 25.0 Å². The number of nitrogens with zero attached hydrogens (tertiary/aromatic N) is 3. The summed E-state index contributed by atoms with van der Waals surface area (Å²) in [6, 6.07) is 7.66. The molecule has 5 N–H and O–H groups in total. The first-order chi connectivity index (χ1) is 17.8. The Bertz CT molecular complexity index is 1140. The number of nitrogens with two attached hydrogens (primary N) is 1. The molecule has 3 unspecified atom stereocenters. The van der Waals surface area contributed by atoms with E-state index < -0.39 is 12.1 Å². The highest BCUT2D eigenvalue weighted by Crippen LogP contribution is 2.29. The maximum absolute atomic E-state index is 13.3. The number of guanidine groups is 1. The average Bonchev–Trinajstić information content (AvgIpc) is 3.56. The molecule has 2 saturated heterocycles. The van der Waals surface area contributed by atoms with Crippen LogP contribution in [0.5, 0.6) is 0 Å². The van der Waals surface area contributed by atoms with Gasteiger partial charge in [-0.05, 0) is 31.2 Å². The Morgan fingerprint density at radius 1 is 1.22 bits per heavy atom. The summed E-state index contributed by atoms with van der Waals surface area (Å²) in [5.74, 6) is -1.20. The van der Waals surface area contributed by atoms with Crippen molar-refractivity contribution in [3.63, 3.8) is 0 Å². The van der Waals surface area contributed by atoms with Gasteiger partial charge in [-0.15, -0.1) is 11.3 Å². The van der Waals surface area contributed by atoms with Crippen LogP contribution >= 0.6 is 11.3 Å². The highest BCUT2D eigenvalue weighted by Gasteiger charge is 2.46. The van der Waals surface area contributed by atoms with Gasteiger partial charge in [0, 0.05) is 24.7 Å². The summed E-state index contributed by atoms with van der Waals surface area (Å²) in [5, 5.41) is 14.8. The van der Waals surface area contributed by atoms with Crippen molar-refractivity contribution in [2.24, 2.45) is 5.73 Å². The second-order valence-electron chi connectivity index (χ2n) is 9.23. The lowest BCUT2D eigenvalue weighted by molar-refractivity contribution is -0.150. The van der Waals surface area contributed by atoms with E-state index in [9.17, 15) is 19.2 Å². The Morgan fingerprint density at radius 2 is 2.00 bits per heavy atom. The van der Waals surface area contributed by atoms with Crippen LogP contribution in [0.1, 0.15) is 41.0 Å². The normalized spacial score (nSPS) is 19.7. The van der Waals surface area contributed by atoms with E-state index in [0.29, 0.717) is 43.8 Å². The first kappa shape index (κ1) is 26.3. The van der Waals surface area contributed by atoms with Gasteiger partial charge in [-0.2, -0.15) is 0 Å². The number of rotatable bonds is 10. The number of fused-ring (bicyclic) bond motifs is 1. The molecule has 11 nitrogen and oxygen atoms in total. The van der Waals surface area contributed by atoms with Crippen LogP contribution in [0.3, 0.4) is 0 Å². The molecule has 1 aromatic carbocycles. The molecule has 0 spiro atoms. The SMILES string of the molecule is N=C(N)NCCCC(NC(=O)C1CCC2CN(C(=O)Cc3ccccc3)CC(=O)N21)C(=O)c1nccs1. The average molecular weight is 526 g/mol. The fourth-order valence-electron chi connectivity index (χ4n) is 4.89. The second-order valence-corrected chi connectivity index (χ2v) is 10.1. The maximum atomic E-state index is 13.3. The third kappa shape index (κ3) is 6.50. The van der Waals surface area contributed by atoms with Gasteiger partial charge in [0.1, 0.15) is 6.04 Å². The molecule has 4 rings (SSSR count). The standard InChI is InChI=1S/C25H31N7O4S/c26-25(27)29-10-4-7-18(22(35)24-28-11-12-37-24)30-23(36)19-9-8-17-14-31(15-21(34)32(17)19)20(33)13-16-5-2-1-3-6-16/h1-3,5-6,11-12,17-19H,4,7-10,13-15H2,(H,30,36)(H4,26,27,29). The number of nitrogens with one attached hydrogen (secondary N) is 3. The monoisotopic (exact) mass is 525 g/mol. The van der Waals surface area contributed by atoms with Gasteiger partial charge in [-0.25, -0.2) is 4.98 Å². The molecule has 0 radical (unpaired) electrons. The van der Waals surface area contributed by atoms with E-state index in [2.05, 4.69) is 15.6 Å². The third-order valence-corrected chi connectivity index (χ3v) is 7.45. The second kappa shape index (κ2) is 12.0. The van der Waals surface area contributed by atoms with Gasteiger partial charge in [-0.3, -0.25) is 24.6 Å². The van der Waals surface area contributed by atoms with Crippen molar-refractivity contribution < 1.29 is 19.2 Å². The molecule has 0 aliphatic carbocycles. The minimum Gasteiger partial charge on any atom is -0.370 e. The fourth-order valence-corrected chi connectivity index (χ4v) is 5.52. The van der Waals surface area contributed by atoms with E-state index in [-0.39, 0.29) is 48.5 Å². The van der Waals surface area contributed by atoms with Crippen molar-refractivity contribution in [1.29, 1.82) is 5.41 Å². The van der Waals surface area contributed by atoms with Gasteiger partial charge in [0.25, 0.3) is 0 Å². The summed E-state index contributed by atoms with van der Waals surface area (Å²) in [6.45, 7) is 0.708. The zero-order valence-corrected chi connectivity index (χ0v) is 21.2. The first-order valence-electron chi connectivity index (χ1n) is 12.3. The summed E-state index contributed by atoms with van der Waals surface area (Å²) in [4.78, 5) is 59.5. The van der Waals surface area contributed by atoms with Crippen LogP contribution in [0.15, 0.2) is 41.9 Å². The predicted molar refractivity (Wildman–Crippen MR) is 138 cm³/mol. The van der Waals surface area contributed by atoms with Gasteiger partial charge in [-0.1, -0.05) is 30.3 Å². The van der Waals surface area contributed by atoms with Crippen molar-refractivity contribution in [3.05, 3.63) is 52.5 Å². The number of hydrogen-bond acceptors (Lipinski definition) is 7. The number of piperazine rings is 1. The lowest BCUT2D eigenvalue weighted by atomic mass is 10.1. The van der Waals surface area contributed by atoms with Gasteiger partial charge >= 0.3 is 0 Å². The lowest BCUT2D eigenvalue weighted by Gasteiger charge is -2.39. The molecular weight excluding hydrogens is 494 g/mol. The molecule has 0 bridgehead atoms. The van der Waals surface area contributed by atoms with Crippen molar-refractivity contribution in [1.82, 2.24) is 25.4 Å². The minimum absolute atomic E-state index is 0.0653. The molecule has 2 aliphatic heterocycles. The Hall–Kier alpha value is -3.80. The van der Waals surface area contributed by atoms with E-state index in [1.807, 2.05) is 30.3 Å². The minimum atomic E-state index is -0.810. The van der Waals surface area contributed by atoms with E-state index >= 15 is 0 Å². The van der Waals surface area contributed by atoms with E-state index in [0.717, 1.165) is 5.56 Å². The molecule has 37 heavy (non-hydrogen) atoms. The van der Waals surface area contributed by atoms with Crippen LogP contribution < -0.4 is 16.4 Å². The Morgan fingerprint density at radius 3 is 2.70 bits per heavy atom. The molecule has 1 aromatic heterocycles. The van der Waals surface area contributed by atoms with Gasteiger partial charge in [0.15, 0.2) is 11.0 Å². The molecular formula is C25H31N7O4S. The lowest BCUT2D eigenvalue weighted by Crippen LogP contribution is -2.60. The van der Waals surface area contributed by atoms with Crippen LogP contribution in [0.4, 0.5) is 0 Å². The molecule has 3 amide bonds. The molecule has 2 aliphatic rings. The quantitative estimate of drug-likeness (QED) is 0.152. The smallest absolute Gasteiger partial charge is 0.243 e. The number of carbonyl (C=O) groups excluding carboxylic acids is 4. The number of carbonyl (C=O) groups is 4. The zero-order valence-electron chi connectivity index (χ0n) is 20.4. The number of amides is 3. The first-order valence-corrected chi connectivity index (χ1v) is 13.2. The number of benzene rings is 1. The largest absolute Gasteiger partial charge is 0.370 e. The van der Waals surface area contributed by atoms with Crippen LogP contribution in [0.25, 0.3) is 0 Å². The predicted octanol–water partition coefficient (Wildman–Crippen LogP) is 0.518. The van der Waals surface area contributed by atoms with Gasteiger partial charge in [0.2, 0.25) is 23.5 Å². The van der Waals surface area contributed by atoms with Crippen molar-refractivity contribution in [3.8, 4) is 0 Å². The van der Waals surface area contributed by atoms with Crippen LogP contribution in [0.2, 0.25) is 0 Å². The Kier molecular flexibility index (Phi) is 8.49. The number of thiazole rings is 1. The summed E-state index contributed by atoms with van der Waals surface area (Å²) >= 11 is 1.20. The van der Waals surface area contributed by atoms with Crippen LogP contribution in [0, 0.1) is 5.41 Å².